The van der Waals surface area contributed by atoms with Crippen LogP contribution in [0.5, 0.6) is 0 Å². The van der Waals surface area contributed by atoms with Crippen LogP contribution in [0, 0.1) is 4.91 Å². The molecule has 76 valence electrons. The maximum Gasteiger partial charge on any atom is 0.187 e. The molecule has 0 bridgehead atoms. The number of rotatable bonds is 4. The standard InChI is InChI=1S/C11H11N3O/c15-13-11(14-8-4-7-12-14)9-10-5-2-1-3-6-10/h1-8,11H,9H2. The maximum absolute atomic E-state index is 10.7. The highest BCUT2D eigenvalue weighted by Crippen LogP contribution is 2.14. The van der Waals surface area contributed by atoms with Crippen molar-refractivity contribution in [2.75, 3.05) is 0 Å². The van der Waals surface area contributed by atoms with Gasteiger partial charge in [-0.25, -0.2) is 4.68 Å². The Balaban J connectivity index is 2.13. The van der Waals surface area contributed by atoms with Gasteiger partial charge in [0.15, 0.2) is 6.17 Å². The predicted molar refractivity (Wildman–Crippen MR) is 57.2 cm³/mol. The van der Waals surface area contributed by atoms with Crippen LogP contribution in [0.4, 0.5) is 0 Å². The van der Waals surface area contributed by atoms with E-state index in [0.717, 1.165) is 5.56 Å². The van der Waals surface area contributed by atoms with E-state index in [1.165, 1.54) is 0 Å². The molecule has 4 nitrogen and oxygen atoms in total. The van der Waals surface area contributed by atoms with E-state index in [0.29, 0.717) is 6.42 Å². The van der Waals surface area contributed by atoms with E-state index in [-0.39, 0.29) is 0 Å². The molecule has 0 N–H and O–H groups in total. The fraction of sp³-hybridized carbons (Fsp3) is 0.182. The Morgan fingerprint density at radius 2 is 2.07 bits per heavy atom. The van der Waals surface area contributed by atoms with E-state index >= 15 is 0 Å². The minimum atomic E-state index is -0.456. The molecule has 0 aliphatic carbocycles. The van der Waals surface area contributed by atoms with Crippen molar-refractivity contribution >= 4 is 0 Å². The van der Waals surface area contributed by atoms with E-state index in [9.17, 15) is 4.91 Å². The van der Waals surface area contributed by atoms with Crippen LogP contribution < -0.4 is 0 Å². The summed E-state index contributed by atoms with van der Waals surface area (Å²) in [5.74, 6) is 0. The molecule has 1 heterocycles. The third-order valence-electron chi connectivity index (χ3n) is 2.21. The molecule has 2 rings (SSSR count). The van der Waals surface area contributed by atoms with Crippen molar-refractivity contribution in [3.05, 3.63) is 59.3 Å². The highest BCUT2D eigenvalue weighted by atomic mass is 16.3. The lowest BCUT2D eigenvalue weighted by molar-refractivity contribution is 0.466. The molecule has 15 heavy (non-hydrogen) atoms. The summed E-state index contributed by atoms with van der Waals surface area (Å²) in [6.07, 6.45) is 3.51. The van der Waals surface area contributed by atoms with Crippen molar-refractivity contribution < 1.29 is 0 Å². The largest absolute Gasteiger partial charge is 0.244 e. The number of aromatic nitrogens is 2. The average molecular weight is 201 g/mol. The molecule has 0 amide bonds. The van der Waals surface area contributed by atoms with Crippen LogP contribution in [0.1, 0.15) is 11.7 Å². The molecular weight excluding hydrogens is 190 g/mol. The third kappa shape index (κ3) is 2.28. The van der Waals surface area contributed by atoms with Crippen LogP contribution in [-0.2, 0) is 6.42 Å². The highest BCUT2D eigenvalue weighted by molar-refractivity contribution is 5.15. The Labute approximate surface area is 87.5 Å². The van der Waals surface area contributed by atoms with Crippen LogP contribution >= 0.6 is 0 Å². The molecular formula is C11H11N3O. The van der Waals surface area contributed by atoms with Gasteiger partial charge in [-0.2, -0.15) is 5.10 Å². The van der Waals surface area contributed by atoms with Gasteiger partial charge in [0, 0.05) is 18.8 Å². The third-order valence-corrected chi connectivity index (χ3v) is 2.21. The zero-order valence-electron chi connectivity index (χ0n) is 8.15. The van der Waals surface area contributed by atoms with Crippen molar-refractivity contribution in [3.8, 4) is 0 Å². The van der Waals surface area contributed by atoms with Crippen LogP contribution in [0.15, 0.2) is 54.0 Å². The van der Waals surface area contributed by atoms with Gasteiger partial charge in [-0.15, -0.1) is 4.91 Å². The van der Waals surface area contributed by atoms with Crippen molar-refractivity contribution in [2.45, 2.75) is 12.6 Å². The van der Waals surface area contributed by atoms with E-state index in [2.05, 4.69) is 10.3 Å². The van der Waals surface area contributed by atoms with E-state index < -0.39 is 6.17 Å². The molecule has 1 atom stereocenters. The Morgan fingerprint density at radius 3 is 2.67 bits per heavy atom. The molecule has 1 aromatic carbocycles. The number of hydrogen-bond acceptors (Lipinski definition) is 3. The molecule has 0 fully saturated rings. The summed E-state index contributed by atoms with van der Waals surface area (Å²) in [5, 5.41) is 7.08. The molecule has 0 saturated heterocycles. The molecule has 0 saturated carbocycles. The highest BCUT2D eigenvalue weighted by Gasteiger charge is 2.11. The van der Waals surface area contributed by atoms with Gasteiger partial charge in [0.05, 0.1) is 0 Å². The van der Waals surface area contributed by atoms with Crippen molar-refractivity contribution in [3.63, 3.8) is 0 Å². The number of hydrogen-bond donors (Lipinski definition) is 0. The lowest BCUT2D eigenvalue weighted by atomic mass is 10.1. The van der Waals surface area contributed by atoms with Gasteiger partial charge < -0.3 is 0 Å². The molecule has 0 radical (unpaired) electrons. The first kappa shape index (κ1) is 9.58. The number of nitrogens with zero attached hydrogens (tertiary/aromatic N) is 3. The van der Waals surface area contributed by atoms with Crippen molar-refractivity contribution in [1.82, 2.24) is 9.78 Å². The lowest BCUT2D eigenvalue weighted by Crippen LogP contribution is -2.09. The van der Waals surface area contributed by atoms with E-state index in [4.69, 9.17) is 0 Å². The molecule has 4 heteroatoms. The lowest BCUT2D eigenvalue weighted by Gasteiger charge is -2.09. The van der Waals surface area contributed by atoms with Crippen molar-refractivity contribution in [1.29, 1.82) is 0 Å². The first-order valence-corrected chi connectivity index (χ1v) is 4.75. The Morgan fingerprint density at radius 1 is 1.27 bits per heavy atom. The first-order valence-electron chi connectivity index (χ1n) is 4.75. The topological polar surface area (TPSA) is 47.2 Å². The monoisotopic (exact) mass is 201 g/mol. The van der Waals surface area contributed by atoms with Gasteiger partial charge in [0.2, 0.25) is 0 Å². The Kier molecular flexibility index (Phi) is 2.88. The summed E-state index contributed by atoms with van der Waals surface area (Å²) in [6.45, 7) is 0. The van der Waals surface area contributed by atoms with Gasteiger partial charge in [0.1, 0.15) is 0 Å². The second-order valence-electron chi connectivity index (χ2n) is 3.26. The van der Waals surface area contributed by atoms with E-state index in [1.807, 2.05) is 30.3 Å². The van der Waals surface area contributed by atoms with Gasteiger partial charge in [-0.05, 0) is 16.8 Å². The summed E-state index contributed by atoms with van der Waals surface area (Å²) < 4.78 is 1.57. The van der Waals surface area contributed by atoms with Gasteiger partial charge in [-0.3, -0.25) is 0 Å². The summed E-state index contributed by atoms with van der Waals surface area (Å²) in [6, 6.07) is 11.6. The molecule has 2 aromatic rings. The summed E-state index contributed by atoms with van der Waals surface area (Å²) in [7, 11) is 0. The smallest absolute Gasteiger partial charge is 0.187 e. The SMILES string of the molecule is O=NC(Cc1ccccc1)n1cccn1. The second kappa shape index (κ2) is 4.50. The maximum atomic E-state index is 10.7. The van der Waals surface area contributed by atoms with Crippen LogP contribution in [0.3, 0.4) is 0 Å². The average Bonchev–Trinajstić information content (AvgIpc) is 2.81. The summed E-state index contributed by atoms with van der Waals surface area (Å²) in [4.78, 5) is 10.7. The minimum Gasteiger partial charge on any atom is -0.244 e. The Bertz CT molecular complexity index is 411. The fourth-order valence-electron chi connectivity index (χ4n) is 1.46. The van der Waals surface area contributed by atoms with Crippen molar-refractivity contribution in [2.24, 2.45) is 5.18 Å². The fourth-order valence-corrected chi connectivity index (χ4v) is 1.46. The molecule has 1 aromatic heterocycles. The second-order valence-corrected chi connectivity index (χ2v) is 3.26. The van der Waals surface area contributed by atoms with E-state index in [1.54, 1.807) is 23.1 Å². The predicted octanol–water partition coefficient (Wildman–Crippen LogP) is 2.39. The number of nitroso groups, excluding NO2 is 1. The minimum absolute atomic E-state index is 0.456. The quantitative estimate of drug-likeness (QED) is 0.713. The normalized spacial score (nSPS) is 12.3. The first-order chi connectivity index (χ1) is 7.40. The summed E-state index contributed by atoms with van der Waals surface area (Å²) >= 11 is 0. The van der Waals surface area contributed by atoms with Crippen LogP contribution in [0.2, 0.25) is 0 Å². The zero-order chi connectivity index (χ0) is 10.5. The Hall–Kier alpha value is -1.97. The molecule has 0 aliphatic heterocycles. The zero-order valence-corrected chi connectivity index (χ0v) is 8.15. The van der Waals surface area contributed by atoms with Gasteiger partial charge >= 0.3 is 0 Å². The molecule has 0 spiro atoms. The molecule has 1 unspecified atom stereocenters. The number of benzene rings is 1. The molecule has 0 aliphatic rings. The van der Waals surface area contributed by atoms with Crippen LogP contribution in [-0.4, -0.2) is 9.78 Å². The van der Waals surface area contributed by atoms with Gasteiger partial charge in [0.25, 0.3) is 0 Å². The summed E-state index contributed by atoms with van der Waals surface area (Å²) in [5.41, 5.74) is 1.08. The van der Waals surface area contributed by atoms with Crippen LogP contribution in [0.25, 0.3) is 0 Å². The van der Waals surface area contributed by atoms with Gasteiger partial charge in [-0.1, -0.05) is 30.3 Å².